The third kappa shape index (κ3) is 4.20. The van der Waals surface area contributed by atoms with Gasteiger partial charge in [0.2, 0.25) is 11.8 Å². The maximum absolute atomic E-state index is 13.0. The Hall–Kier alpha value is -3.22. The molecule has 0 saturated carbocycles. The summed E-state index contributed by atoms with van der Waals surface area (Å²) in [4.78, 5) is 12.4. The minimum absolute atomic E-state index is 0.0696. The van der Waals surface area contributed by atoms with Crippen LogP contribution in [0.15, 0.2) is 59.9 Å². The van der Waals surface area contributed by atoms with Gasteiger partial charge < -0.3 is 10.2 Å². The Morgan fingerprint density at radius 1 is 1.28 bits per heavy atom. The van der Waals surface area contributed by atoms with Crippen molar-refractivity contribution in [1.82, 2.24) is 14.6 Å². The molecule has 0 spiro atoms. The predicted octanol–water partition coefficient (Wildman–Crippen LogP) is 3.63. The molecule has 1 N–H and O–H groups in total. The van der Waals surface area contributed by atoms with Crippen molar-refractivity contribution in [1.29, 1.82) is 0 Å². The zero-order chi connectivity index (χ0) is 17.6. The first-order valence-corrected chi connectivity index (χ1v) is 7.76. The highest BCUT2D eigenvalue weighted by Crippen LogP contribution is 2.18. The first-order chi connectivity index (χ1) is 12.2. The van der Waals surface area contributed by atoms with Gasteiger partial charge in [-0.05, 0) is 37.4 Å². The van der Waals surface area contributed by atoms with E-state index in [-0.39, 0.29) is 18.5 Å². The number of benzene rings is 1. The van der Waals surface area contributed by atoms with E-state index >= 15 is 0 Å². The third-order valence-electron chi connectivity index (χ3n) is 3.59. The summed E-state index contributed by atoms with van der Waals surface area (Å²) in [5.74, 6) is 0.687. The van der Waals surface area contributed by atoms with Gasteiger partial charge in [-0.25, -0.2) is 24.0 Å². The van der Waals surface area contributed by atoms with Crippen molar-refractivity contribution in [3.8, 4) is 5.88 Å². The van der Waals surface area contributed by atoms with Crippen LogP contribution in [-0.4, -0.2) is 21.4 Å². The molecule has 128 valence electrons. The van der Waals surface area contributed by atoms with Crippen LogP contribution in [0.1, 0.15) is 24.2 Å². The summed E-state index contributed by atoms with van der Waals surface area (Å²) in [6.07, 6.45) is 3.45. The molecule has 1 aromatic carbocycles. The van der Waals surface area contributed by atoms with E-state index < -0.39 is 0 Å². The molecule has 0 saturated heterocycles. The lowest BCUT2D eigenvalue weighted by Crippen LogP contribution is -2.17. The lowest BCUT2D eigenvalue weighted by molar-refractivity contribution is 0.290. The van der Waals surface area contributed by atoms with Crippen molar-refractivity contribution in [2.45, 2.75) is 19.6 Å². The predicted molar refractivity (Wildman–Crippen MR) is 94.2 cm³/mol. The molecule has 3 rings (SSSR count). The summed E-state index contributed by atoms with van der Waals surface area (Å²) in [5, 5.41) is 0. The fourth-order valence-corrected chi connectivity index (χ4v) is 2.31. The van der Waals surface area contributed by atoms with Gasteiger partial charge in [0, 0.05) is 12.3 Å². The lowest BCUT2D eigenvalue weighted by Gasteiger charge is -2.16. The highest BCUT2D eigenvalue weighted by Gasteiger charge is 2.11. The van der Waals surface area contributed by atoms with Gasteiger partial charge >= 0.3 is 0 Å². The smallest absolute Gasteiger partial charge is 0.248 e. The van der Waals surface area contributed by atoms with Gasteiger partial charge in [-0.15, -0.1) is 0 Å². The van der Waals surface area contributed by atoms with Crippen molar-refractivity contribution < 1.29 is 9.13 Å². The molecule has 7 heteroatoms. The maximum Gasteiger partial charge on any atom is 0.248 e. The molecule has 0 aliphatic carbocycles. The van der Waals surface area contributed by atoms with Crippen molar-refractivity contribution in [2.24, 2.45) is 4.99 Å². The number of imidazole rings is 1. The molecule has 0 radical (unpaired) electrons. The molecule has 6 nitrogen and oxygen atoms in total. The van der Waals surface area contributed by atoms with E-state index in [2.05, 4.69) is 27.1 Å². The Morgan fingerprint density at radius 2 is 2.08 bits per heavy atom. The van der Waals surface area contributed by atoms with Gasteiger partial charge in [0.05, 0.1) is 12.2 Å². The highest BCUT2D eigenvalue weighted by molar-refractivity contribution is 5.37. The second-order valence-corrected chi connectivity index (χ2v) is 5.42. The summed E-state index contributed by atoms with van der Waals surface area (Å²) in [7, 11) is 0. The molecule has 25 heavy (non-hydrogen) atoms. The van der Waals surface area contributed by atoms with E-state index in [9.17, 15) is 4.39 Å². The minimum atomic E-state index is -0.263. The Kier molecular flexibility index (Phi) is 5.03. The number of ether oxygens (including phenoxy) is 1. The van der Waals surface area contributed by atoms with Crippen LogP contribution in [0.25, 0.3) is 0 Å². The average molecular weight is 339 g/mol. The third-order valence-corrected chi connectivity index (χ3v) is 3.59. The topological polar surface area (TPSA) is 64.3 Å². The molecule has 0 aliphatic heterocycles. The summed E-state index contributed by atoms with van der Waals surface area (Å²) < 4.78 is 20.3. The van der Waals surface area contributed by atoms with Gasteiger partial charge in [-0.1, -0.05) is 18.2 Å². The number of rotatable bonds is 7. The average Bonchev–Trinajstić information content (AvgIpc) is 3.03. The van der Waals surface area contributed by atoms with Gasteiger partial charge in [-0.2, -0.15) is 0 Å². The number of hydrogen-bond acceptors (Lipinski definition) is 5. The van der Waals surface area contributed by atoms with Gasteiger partial charge in [0.25, 0.3) is 0 Å². The zero-order valence-electron chi connectivity index (χ0n) is 13.8. The maximum atomic E-state index is 13.0. The molecule has 0 fully saturated rings. The van der Waals surface area contributed by atoms with Gasteiger partial charge in [0.1, 0.15) is 18.1 Å². The molecule has 2 aromatic heterocycles. The van der Waals surface area contributed by atoms with Crippen molar-refractivity contribution in [2.75, 3.05) is 5.43 Å². The fraction of sp³-hybridized carbons (Fsp3) is 0.167. The van der Waals surface area contributed by atoms with E-state index in [0.29, 0.717) is 17.5 Å². The van der Waals surface area contributed by atoms with E-state index in [0.717, 1.165) is 5.56 Å². The van der Waals surface area contributed by atoms with Crippen LogP contribution in [0.3, 0.4) is 0 Å². The van der Waals surface area contributed by atoms with Crippen LogP contribution >= 0.6 is 0 Å². The first kappa shape index (κ1) is 16.6. The van der Waals surface area contributed by atoms with Crippen LogP contribution in [-0.2, 0) is 6.61 Å². The Morgan fingerprint density at radius 3 is 2.76 bits per heavy atom. The molecule has 0 bridgehead atoms. The van der Waals surface area contributed by atoms with Crippen LogP contribution < -0.4 is 10.2 Å². The Labute approximate surface area is 145 Å². The minimum Gasteiger partial charge on any atom is -0.471 e. The summed E-state index contributed by atoms with van der Waals surface area (Å²) in [6.45, 7) is 5.76. The van der Waals surface area contributed by atoms with Crippen LogP contribution in [0.4, 0.5) is 10.3 Å². The number of halogens is 1. The Balaban J connectivity index is 1.69. The van der Waals surface area contributed by atoms with E-state index in [1.807, 2.05) is 19.1 Å². The number of pyridine rings is 1. The van der Waals surface area contributed by atoms with Gasteiger partial charge in [-0.3, -0.25) is 0 Å². The van der Waals surface area contributed by atoms with Crippen LogP contribution in [0, 0.1) is 5.82 Å². The molecular formula is C18H18FN5O. The Bertz CT molecular complexity index is 832. The molecule has 2 heterocycles. The van der Waals surface area contributed by atoms with Gasteiger partial charge in [0.15, 0.2) is 0 Å². The van der Waals surface area contributed by atoms with E-state index in [1.165, 1.54) is 12.1 Å². The number of aromatic nitrogens is 3. The first-order valence-electron chi connectivity index (χ1n) is 7.76. The highest BCUT2D eigenvalue weighted by atomic mass is 19.1. The fourth-order valence-electron chi connectivity index (χ4n) is 2.31. The standard InChI is InChI=1S/C18H18FN5O/c1-13(14-6-8-15(19)9-7-14)23-24-11-16(22-18(24)20-2)12-25-17-5-3-4-10-21-17/h3-11,13,23H,2,12H2,1H3. The van der Waals surface area contributed by atoms with E-state index in [4.69, 9.17) is 4.74 Å². The van der Waals surface area contributed by atoms with E-state index in [1.54, 1.807) is 35.3 Å². The monoisotopic (exact) mass is 339 g/mol. The molecule has 1 unspecified atom stereocenters. The molecule has 1 atom stereocenters. The summed E-state index contributed by atoms with van der Waals surface area (Å²) in [5.41, 5.74) is 4.87. The largest absolute Gasteiger partial charge is 0.471 e. The molecule has 3 aromatic rings. The summed E-state index contributed by atoms with van der Waals surface area (Å²) >= 11 is 0. The van der Waals surface area contributed by atoms with Crippen LogP contribution in [0.5, 0.6) is 5.88 Å². The van der Waals surface area contributed by atoms with Crippen molar-refractivity contribution in [3.63, 3.8) is 0 Å². The molecule has 0 amide bonds. The number of nitrogens with zero attached hydrogens (tertiary/aromatic N) is 4. The zero-order valence-corrected chi connectivity index (χ0v) is 13.8. The lowest BCUT2D eigenvalue weighted by atomic mass is 10.1. The quantitative estimate of drug-likeness (QED) is 0.668. The second-order valence-electron chi connectivity index (χ2n) is 5.42. The summed E-state index contributed by atoms with van der Waals surface area (Å²) in [6, 6.07) is 11.7. The van der Waals surface area contributed by atoms with Crippen molar-refractivity contribution >= 4 is 12.7 Å². The second kappa shape index (κ2) is 7.57. The van der Waals surface area contributed by atoms with Crippen molar-refractivity contribution in [3.05, 3.63) is 71.9 Å². The number of aliphatic imine (C=N–C) groups is 1. The normalized spacial score (nSPS) is 11.8. The number of nitrogens with one attached hydrogen (secondary N) is 1. The number of hydrogen-bond donors (Lipinski definition) is 1. The van der Waals surface area contributed by atoms with Crippen LogP contribution in [0.2, 0.25) is 0 Å². The molecule has 0 aliphatic rings. The molecular weight excluding hydrogens is 321 g/mol. The SMILES string of the molecule is C=Nc1nc(COc2ccccn2)cn1NC(C)c1ccc(F)cc1.